The molecule has 3 aromatic rings. The first kappa shape index (κ1) is 19.0. The highest BCUT2D eigenvalue weighted by molar-refractivity contribution is 5.90. The number of benzene rings is 2. The topological polar surface area (TPSA) is 97.3 Å². The Labute approximate surface area is 162 Å². The van der Waals surface area contributed by atoms with Gasteiger partial charge in [0, 0.05) is 30.3 Å². The minimum Gasteiger partial charge on any atom is -0.453 e. The van der Waals surface area contributed by atoms with Gasteiger partial charge in [0.25, 0.3) is 0 Å². The van der Waals surface area contributed by atoms with Gasteiger partial charge in [-0.05, 0) is 41.5 Å². The molecule has 144 valence electrons. The van der Waals surface area contributed by atoms with Crippen LogP contribution in [0.4, 0.5) is 21.0 Å². The van der Waals surface area contributed by atoms with E-state index in [1.54, 1.807) is 30.5 Å². The van der Waals surface area contributed by atoms with Crippen LogP contribution in [0, 0.1) is 0 Å². The van der Waals surface area contributed by atoms with Crippen molar-refractivity contribution in [2.75, 3.05) is 17.7 Å². The second-order valence-corrected chi connectivity index (χ2v) is 6.03. The fourth-order valence-corrected chi connectivity index (χ4v) is 2.58. The molecule has 3 N–H and O–H groups in total. The fourth-order valence-electron chi connectivity index (χ4n) is 2.58. The highest BCUT2D eigenvalue weighted by atomic mass is 16.5. The van der Waals surface area contributed by atoms with Gasteiger partial charge < -0.3 is 15.4 Å². The van der Waals surface area contributed by atoms with Gasteiger partial charge in [0.2, 0.25) is 0 Å². The van der Waals surface area contributed by atoms with E-state index in [4.69, 9.17) is 0 Å². The van der Waals surface area contributed by atoms with Crippen LogP contribution >= 0.6 is 0 Å². The summed E-state index contributed by atoms with van der Waals surface area (Å²) in [5, 5.41) is 12.3. The third kappa shape index (κ3) is 5.60. The van der Waals surface area contributed by atoms with Crippen molar-refractivity contribution in [3.05, 3.63) is 78.1 Å². The number of rotatable bonds is 6. The Balaban J connectivity index is 1.49. The zero-order valence-corrected chi connectivity index (χ0v) is 15.4. The largest absolute Gasteiger partial charge is 0.453 e. The highest BCUT2D eigenvalue weighted by Gasteiger charge is 2.04. The minimum atomic E-state index is -0.548. The summed E-state index contributed by atoms with van der Waals surface area (Å²) in [6.45, 7) is 1.08. The first-order chi connectivity index (χ1) is 13.6. The van der Waals surface area contributed by atoms with Crippen LogP contribution in [0.3, 0.4) is 0 Å². The summed E-state index contributed by atoms with van der Waals surface area (Å²) in [6.07, 6.45) is 3.10. The highest BCUT2D eigenvalue weighted by Crippen LogP contribution is 2.14. The molecule has 1 aromatic heterocycles. The zero-order chi connectivity index (χ0) is 19.8. The molecule has 0 saturated heterocycles. The molecule has 0 atom stereocenters. The van der Waals surface area contributed by atoms with Crippen molar-refractivity contribution in [2.45, 2.75) is 13.1 Å². The number of carbonyl (C=O) groups excluding carboxylic acids is 2. The number of amides is 3. The van der Waals surface area contributed by atoms with Crippen molar-refractivity contribution >= 4 is 23.5 Å². The molecular formula is C20H21N5O3. The predicted octanol–water partition coefficient (Wildman–Crippen LogP) is 3.43. The number of carbonyl (C=O) groups is 2. The van der Waals surface area contributed by atoms with Crippen LogP contribution < -0.4 is 16.0 Å². The lowest BCUT2D eigenvalue weighted by Gasteiger charge is -2.10. The van der Waals surface area contributed by atoms with Crippen molar-refractivity contribution < 1.29 is 14.3 Å². The fraction of sp³-hybridized carbons (Fsp3) is 0.150. The van der Waals surface area contributed by atoms with Crippen molar-refractivity contribution in [3.8, 4) is 0 Å². The van der Waals surface area contributed by atoms with E-state index in [2.05, 4.69) is 25.8 Å². The average molecular weight is 379 g/mol. The van der Waals surface area contributed by atoms with Crippen molar-refractivity contribution in [3.63, 3.8) is 0 Å². The van der Waals surface area contributed by atoms with Gasteiger partial charge in [-0.15, -0.1) is 0 Å². The molecule has 1 heterocycles. The van der Waals surface area contributed by atoms with Gasteiger partial charge in [-0.25, -0.2) is 9.59 Å². The van der Waals surface area contributed by atoms with Crippen LogP contribution in [-0.2, 0) is 17.8 Å². The maximum absolute atomic E-state index is 12.1. The van der Waals surface area contributed by atoms with Gasteiger partial charge in [-0.2, -0.15) is 5.10 Å². The van der Waals surface area contributed by atoms with Crippen LogP contribution in [-0.4, -0.2) is 29.0 Å². The van der Waals surface area contributed by atoms with E-state index in [1.165, 1.54) is 7.11 Å². The molecule has 0 aliphatic rings. The van der Waals surface area contributed by atoms with Crippen LogP contribution in [0.25, 0.3) is 0 Å². The van der Waals surface area contributed by atoms with Crippen molar-refractivity contribution in [1.82, 2.24) is 15.1 Å². The van der Waals surface area contributed by atoms with Gasteiger partial charge in [-0.3, -0.25) is 10.00 Å². The maximum atomic E-state index is 12.1. The molecule has 2 aromatic carbocycles. The molecule has 0 unspecified atom stereocenters. The molecule has 0 fully saturated rings. The van der Waals surface area contributed by atoms with Crippen LogP contribution in [0.5, 0.6) is 0 Å². The number of aromatic nitrogens is 2. The summed E-state index contributed by atoms with van der Waals surface area (Å²) in [5.41, 5.74) is 3.29. The van der Waals surface area contributed by atoms with Gasteiger partial charge in [0.05, 0.1) is 13.7 Å². The monoisotopic (exact) mass is 379 g/mol. The number of nitrogens with one attached hydrogen (secondary N) is 3. The van der Waals surface area contributed by atoms with E-state index in [9.17, 15) is 9.59 Å². The van der Waals surface area contributed by atoms with E-state index in [-0.39, 0.29) is 6.03 Å². The molecule has 0 aliphatic carbocycles. The van der Waals surface area contributed by atoms with Gasteiger partial charge in [-0.1, -0.05) is 24.3 Å². The van der Waals surface area contributed by atoms with E-state index in [0.717, 1.165) is 11.1 Å². The lowest BCUT2D eigenvalue weighted by atomic mass is 10.1. The van der Waals surface area contributed by atoms with Gasteiger partial charge in [0.15, 0.2) is 0 Å². The zero-order valence-electron chi connectivity index (χ0n) is 15.4. The number of hydrogen-bond acceptors (Lipinski definition) is 4. The van der Waals surface area contributed by atoms with Crippen molar-refractivity contribution in [1.29, 1.82) is 0 Å². The third-order valence-corrected chi connectivity index (χ3v) is 3.92. The first-order valence-corrected chi connectivity index (χ1v) is 8.67. The molecule has 0 saturated carbocycles. The number of urea groups is 1. The summed E-state index contributed by atoms with van der Waals surface area (Å²) in [7, 11) is 1.29. The molecule has 0 aliphatic heterocycles. The molecule has 0 bridgehead atoms. The predicted molar refractivity (Wildman–Crippen MR) is 106 cm³/mol. The van der Waals surface area contributed by atoms with Gasteiger partial charge >= 0.3 is 12.1 Å². The summed E-state index contributed by atoms with van der Waals surface area (Å²) in [6, 6.07) is 16.3. The SMILES string of the molecule is COC(=O)Nc1ccc(NC(=O)NCc2cccc(Cn3cccn3)c2)cc1. The van der Waals surface area contributed by atoms with Gasteiger partial charge in [0.1, 0.15) is 0 Å². The normalized spacial score (nSPS) is 10.2. The minimum absolute atomic E-state index is 0.314. The summed E-state index contributed by atoms with van der Waals surface area (Å²) in [4.78, 5) is 23.3. The number of methoxy groups -OCH3 is 1. The lowest BCUT2D eigenvalue weighted by molar-refractivity contribution is 0.187. The van der Waals surface area contributed by atoms with E-state index in [0.29, 0.717) is 24.5 Å². The van der Waals surface area contributed by atoms with Crippen LogP contribution in [0.2, 0.25) is 0 Å². The third-order valence-electron chi connectivity index (χ3n) is 3.92. The number of anilines is 2. The summed E-state index contributed by atoms with van der Waals surface area (Å²) < 4.78 is 6.37. The van der Waals surface area contributed by atoms with Crippen molar-refractivity contribution in [2.24, 2.45) is 0 Å². The molecule has 3 rings (SSSR count). The molecule has 8 heteroatoms. The molecule has 28 heavy (non-hydrogen) atoms. The number of hydrogen-bond donors (Lipinski definition) is 3. The summed E-state index contributed by atoms with van der Waals surface area (Å²) >= 11 is 0. The molecule has 8 nitrogen and oxygen atoms in total. The van der Waals surface area contributed by atoms with E-state index >= 15 is 0 Å². The van der Waals surface area contributed by atoms with Crippen LogP contribution in [0.15, 0.2) is 67.0 Å². The Hall–Kier alpha value is -3.81. The molecule has 0 spiro atoms. The smallest absolute Gasteiger partial charge is 0.411 e. The van der Waals surface area contributed by atoms with E-state index in [1.807, 2.05) is 41.2 Å². The molecule has 0 radical (unpaired) electrons. The Morgan fingerprint density at radius 2 is 1.71 bits per heavy atom. The Bertz CT molecular complexity index is 923. The number of ether oxygens (including phenoxy) is 1. The molecular weight excluding hydrogens is 358 g/mol. The Morgan fingerprint density at radius 3 is 2.39 bits per heavy atom. The first-order valence-electron chi connectivity index (χ1n) is 8.67. The standard InChI is InChI=1S/C20H21N5O3/c1-28-20(27)24-18-8-6-17(7-9-18)23-19(26)21-13-15-4-2-5-16(12-15)14-25-11-3-10-22-25/h2-12H,13-14H2,1H3,(H,24,27)(H2,21,23,26). The van der Waals surface area contributed by atoms with E-state index < -0.39 is 6.09 Å². The maximum Gasteiger partial charge on any atom is 0.411 e. The Kier molecular flexibility index (Phi) is 6.25. The Morgan fingerprint density at radius 1 is 1.00 bits per heavy atom. The lowest BCUT2D eigenvalue weighted by Crippen LogP contribution is -2.28. The second kappa shape index (κ2) is 9.22. The average Bonchev–Trinajstić information content (AvgIpc) is 3.21. The quantitative estimate of drug-likeness (QED) is 0.611. The summed E-state index contributed by atoms with van der Waals surface area (Å²) in [5.74, 6) is 0. The molecule has 3 amide bonds. The number of nitrogens with zero attached hydrogens (tertiary/aromatic N) is 2. The second-order valence-electron chi connectivity index (χ2n) is 6.03. The van der Waals surface area contributed by atoms with Crippen LogP contribution in [0.1, 0.15) is 11.1 Å².